The molecule has 0 saturated carbocycles. The average molecular weight is 174 g/mol. The molecule has 1 rings (SSSR count). The van der Waals surface area contributed by atoms with Gasteiger partial charge in [-0.05, 0) is 0 Å². The van der Waals surface area contributed by atoms with E-state index in [1.807, 2.05) is 0 Å². The van der Waals surface area contributed by atoms with Crippen molar-refractivity contribution < 1.29 is 29.0 Å². The minimum atomic E-state index is -1.69. The number of cyclic esters (lactones) is 2. The summed E-state index contributed by atoms with van der Waals surface area (Å²) < 4.78 is 8.30. The molecule has 6 nitrogen and oxygen atoms in total. The third kappa shape index (κ3) is 1.42. The fourth-order valence-electron chi connectivity index (χ4n) is 0.761. The first-order valence-corrected chi connectivity index (χ1v) is 3.13. The van der Waals surface area contributed by atoms with Gasteiger partial charge in [0.25, 0.3) is 0 Å². The van der Waals surface area contributed by atoms with Gasteiger partial charge in [-0.1, -0.05) is 0 Å². The number of rotatable bonds is 1. The zero-order valence-corrected chi connectivity index (χ0v) is 6.14. The molecular weight excluding hydrogens is 168 g/mol. The number of hydrogen-bond acceptors (Lipinski definition) is 6. The minimum Gasteiger partial charge on any atom is -0.447 e. The molecule has 66 valence electrons. The molecule has 0 aromatic heterocycles. The van der Waals surface area contributed by atoms with Crippen molar-refractivity contribution in [2.45, 2.75) is 19.1 Å². The molecular formula is C6H6O6. The highest BCUT2D eigenvalue weighted by Crippen LogP contribution is 2.12. The predicted molar refractivity (Wildman–Crippen MR) is 32.7 cm³/mol. The summed E-state index contributed by atoms with van der Waals surface area (Å²) in [6.45, 7) is 1.06. The molecule has 1 aliphatic heterocycles. The van der Waals surface area contributed by atoms with E-state index in [2.05, 4.69) is 9.47 Å². The molecule has 0 aliphatic carbocycles. The molecule has 0 spiro atoms. The smallest absolute Gasteiger partial charge is 0.358 e. The van der Waals surface area contributed by atoms with E-state index in [0.717, 1.165) is 6.92 Å². The van der Waals surface area contributed by atoms with E-state index in [1.165, 1.54) is 0 Å². The van der Waals surface area contributed by atoms with Gasteiger partial charge in [-0.3, -0.25) is 4.79 Å². The van der Waals surface area contributed by atoms with Gasteiger partial charge in [-0.2, -0.15) is 0 Å². The number of esters is 3. The molecule has 1 heterocycles. The first kappa shape index (κ1) is 8.66. The van der Waals surface area contributed by atoms with Crippen LogP contribution in [-0.2, 0) is 23.9 Å². The van der Waals surface area contributed by atoms with Crippen LogP contribution in [0.25, 0.3) is 0 Å². The molecule has 0 aromatic carbocycles. The van der Waals surface area contributed by atoms with Crippen LogP contribution in [-0.4, -0.2) is 35.2 Å². The molecule has 1 fully saturated rings. The Labute approximate surface area is 67.1 Å². The van der Waals surface area contributed by atoms with E-state index < -0.39 is 30.1 Å². The van der Waals surface area contributed by atoms with Crippen LogP contribution in [0.2, 0.25) is 0 Å². The van der Waals surface area contributed by atoms with Crippen LogP contribution in [0, 0.1) is 0 Å². The highest BCUT2D eigenvalue weighted by molar-refractivity contribution is 6.00. The molecule has 1 aliphatic rings. The van der Waals surface area contributed by atoms with Crippen molar-refractivity contribution in [1.29, 1.82) is 0 Å². The van der Waals surface area contributed by atoms with Crippen LogP contribution < -0.4 is 0 Å². The number of carbonyl (C=O) groups excluding carboxylic acids is 3. The van der Waals surface area contributed by atoms with E-state index >= 15 is 0 Å². The fourth-order valence-corrected chi connectivity index (χ4v) is 0.761. The summed E-state index contributed by atoms with van der Waals surface area (Å²) in [7, 11) is 0. The lowest BCUT2D eigenvalue weighted by atomic mass is 10.2. The van der Waals surface area contributed by atoms with E-state index in [1.54, 1.807) is 0 Å². The maximum absolute atomic E-state index is 10.7. The molecule has 1 N–H and O–H groups in total. The maximum atomic E-state index is 10.7. The van der Waals surface area contributed by atoms with Gasteiger partial charge >= 0.3 is 17.9 Å². The van der Waals surface area contributed by atoms with Gasteiger partial charge in [0, 0.05) is 6.92 Å². The molecule has 1 saturated heterocycles. The predicted octanol–water partition coefficient (Wildman–Crippen LogP) is -1.64. The molecule has 12 heavy (non-hydrogen) atoms. The standard InChI is InChI=1S/C6H6O6/c1-2(7)11-4-3(8)5(9)12-6(4)10/h3-4,8H,1H3. The second kappa shape index (κ2) is 2.90. The van der Waals surface area contributed by atoms with E-state index in [-0.39, 0.29) is 0 Å². The van der Waals surface area contributed by atoms with Crippen molar-refractivity contribution in [2.24, 2.45) is 0 Å². The number of carbonyl (C=O) groups is 3. The topological polar surface area (TPSA) is 89.9 Å². The minimum absolute atomic E-state index is 0.759. The van der Waals surface area contributed by atoms with E-state index in [9.17, 15) is 14.4 Å². The van der Waals surface area contributed by atoms with Crippen molar-refractivity contribution >= 4 is 17.9 Å². The summed E-state index contributed by atoms with van der Waals surface area (Å²) in [5.41, 5.74) is 0. The SMILES string of the molecule is CC(=O)OC1C(=O)OC(=O)C1O. The number of ether oxygens (including phenoxy) is 2. The van der Waals surface area contributed by atoms with Crippen molar-refractivity contribution in [2.75, 3.05) is 0 Å². The van der Waals surface area contributed by atoms with Gasteiger partial charge in [0.05, 0.1) is 0 Å². The normalized spacial score (nSPS) is 28.5. The Morgan fingerprint density at radius 2 is 2.08 bits per heavy atom. The van der Waals surface area contributed by atoms with Crippen molar-refractivity contribution in [3.8, 4) is 0 Å². The molecule has 6 heteroatoms. The summed E-state index contributed by atoms with van der Waals surface area (Å²) in [5, 5.41) is 8.90. The third-order valence-electron chi connectivity index (χ3n) is 1.25. The van der Waals surface area contributed by atoms with Gasteiger partial charge < -0.3 is 14.6 Å². The number of hydrogen-bond donors (Lipinski definition) is 1. The van der Waals surface area contributed by atoms with Crippen molar-refractivity contribution in [3.63, 3.8) is 0 Å². The summed E-state index contributed by atoms with van der Waals surface area (Å²) in [6, 6.07) is 0. The molecule has 2 unspecified atom stereocenters. The van der Waals surface area contributed by atoms with Crippen LogP contribution in [0.5, 0.6) is 0 Å². The quantitative estimate of drug-likeness (QED) is 0.379. The molecule has 0 aromatic rings. The highest BCUT2D eigenvalue weighted by Gasteiger charge is 2.45. The van der Waals surface area contributed by atoms with Crippen LogP contribution in [0.1, 0.15) is 6.92 Å². The fraction of sp³-hybridized carbons (Fsp3) is 0.500. The highest BCUT2D eigenvalue weighted by atomic mass is 16.6. The van der Waals surface area contributed by atoms with Crippen LogP contribution >= 0.6 is 0 Å². The van der Waals surface area contributed by atoms with Crippen molar-refractivity contribution in [3.05, 3.63) is 0 Å². The summed E-state index contributed by atoms with van der Waals surface area (Å²) >= 11 is 0. The van der Waals surface area contributed by atoms with Crippen molar-refractivity contribution in [1.82, 2.24) is 0 Å². The summed E-state index contributed by atoms with van der Waals surface area (Å²) in [4.78, 5) is 31.5. The Kier molecular flexibility index (Phi) is 2.09. The van der Waals surface area contributed by atoms with Gasteiger partial charge in [-0.15, -0.1) is 0 Å². The monoisotopic (exact) mass is 174 g/mol. The third-order valence-corrected chi connectivity index (χ3v) is 1.25. The Morgan fingerprint density at radius 3 is 2.42 bits per heavy atom. The molecule has 0 radical (unpaired) electrons. The van der Waals surface area contributed by atoms with Gasteiger partial charge in [-0.25, -0.2) is 9.59 Å². The lowest BCUT2D eigenvalue weighted by Crippen LogP contribution is -2.33. The molecule has 0 bridgehead atoms. The summed E-state index contributed by atoms with van der Waals surface area (Å²) in [5.74, 6) is -2.89. The van der Waals surface area contributed by atoms with Gasteiger partial charge in [0.1, 0.15) is 0 Å². The zero-order chi connectivity index (χ0) is 9.30. The average Bonchev–Trinajstić information content (AvgIpc) is 2.16. The Balaban J connectivity index is 2.70. The first-order chi connectivity index (χ1) is 5.52. The lowest BCUT2D eigenvalue weighted by Gasteiger charge is -2.07. The second-order valence-electron chi connectivity index (χ2n) is 2.22. The molecule has 0 amide bonds. The zero-order valence-electron chi connectivity index (χ0n) is 6.14. The number of aliphatic hydroxyl groups excluding tert-OH is 1. The van der Waals surface area contributed by atoms with Gasteiger partial charge in [0.2, 0.25) is 12.2 Å². The largest absolute Gasteiger partial charge is 0.447 e. The van der Waals surface area contributed by atoms with E-state index in [4.69, 9.17) is 5.11 Å². The summed E-state index contributed by atoms with van der Waals surface area (Å²) in [6.07, 6.45) is -3.20. The van der Waals surface area contributed by atoms with Crippen LogP contribution in [0.15, 0.2) is 0 Å². The van der Waals surface area contributed by atoms with Crippen LogP contribution in [0.3, 0.4) is 0 Å². The maximum Gasteiger partial charge on any atom is 0.358 e. The second-order valence-corrected chi connectivity index (χ2v) is 2.22. The Hall–Kier alpha value is -1.43. The first-order valence-electron chi connectivity index (χ1n) is 3.13. The van der Waals surface area contributed by atoms with Gasteiger partial charge in [0.15, 0.2) is 0 Å². The molecule has 2 atom stereocenters. The Bertz CT molecular complexity index is 244. The van der Waals surface area contributed by atoms with E-state index in [0.29, 0.717) is 0 Å². The Morgan fingerprint density at radius 1 is 1.50 bits per heavy atom. The lowest BCUT2D eigenvalue weighted by molar-refractivity contribution is -0.162. The van der Waals surface area contributed by atoms with Crippen LogP contribution in [0.4, 0.5) is 0 Å². The number of aliphatic hydroxyl groups is 1.